The number of hydrogen-bond donors (Lipinski definition) is 0. The van der Waals surface area contributed by atoms with Gasteiger partial charge in [0.1, 0.15) is 4.90 Å². The first-order valence-corrected chi connectivity index (χ1v) is 10.5. The summed E-state index contributed by atoms with van der Waals surface area (Å²) < 4.78 is 32.5. The average molecular weight is 433 g/mol. The lowest BCUT2D eigenvalue weighted by atomic mass is 10.1. The topological polar surface area (TPSA) is 61.2 Å². The van der Waals surface area contributed by atoms with Crippen molar-refractivity contribution in [3.05, 3.63) is 82.5 Å². The summed E-state index contributed by atoms with van der Waals surface area (Å²) in [6.07, 6.45) is 0. The third kappa shape index (κ3) is 3.58. The van der Waals surface area contributed by atoms with Crippen LogP contribution < -0.4 is 4.18 Å². The lowest BCUT2D eigenvalue weighted by molar-refractivity contribution is 0.465. The molecule has 0 bridgehead atoms. The number of aryl methyl sites for hydroxylation is 1. The lowest BCUT2D eigenvalue weighted by Gasteiger charge is -2.11. The molecule has 0 radical (unpaired) electrons. The van der Waals surface area contributed by atoms with Crippen molar-refractivity contribution in [2.45, 2.75) is 11.8 Å². The van der Waals surface area contributed by atoms with Crippen LogP contribution in [0.2, 0.25) is 10.0 Å². The minimum atomic E-state index is -4.07. The summed E-state index contributed by atoms with van der Waals surface area (Å²) in [7, 11) is -4.07. The highest BCUT2D eigenvalue weighted by Gasteiger charge is 2.22. The van der Waals surface area contributed by atoms with Gasteiger partial charge in [0.15, 0.2) is 0 Å². The van der Waals surface area contributed by atoms with Gasteiger partial charge >= 0.3 is 10.1 Å². The Labute approximate surface area is 172 Å². The number of benzene rings is 3. The van der Waals surface area contributed by atoms with Crippen molar-refractivity contribution in [3.63, 3.8) is 0 Å². The van der Waals surface area contributed by atoms with Gasteiger partial charge in [-0.2, -0.15) is 18.2 Å². The summed E-state index contributed by atoms with van der Waals surface area (Å²) >= 11 is 12.2. The molecule has 0 spiro atoms. The maximum atomic E-state index is 12.9. The van der Waals surface area contributed by atoms with Gasteiger partial charge in [-0.15, -0.1) is 0 Å². The van der Waals surface area contributed by atoms with Crippen molar-refractivity contribution in [1.29, 1.82) is 0 Å². The number of halogens is 2. The second kappa shape index (κ2) is 7.13. The molecule has 0 aliphatic heterocycles. The van der Waals surface area contributed by atoms with Crippen LogP contribution in [-0.4, -0.2) is 18.2 Å². The van der Waals surface area contributed by atoms with E-state index in [0.717, 1.165) is 10.8 Å². The molecule has 0 atom stereocenters. The zero-order valence-electron chi connectivity index (χ0n) is 14.6. The minimum absolute atomic E-state index is 0.0369. The van der Waals surface area contributed by atoms with Gasteiger partial charge in [0.05, 0.1) is 16.4 Å². The molecule has 0 aliphatic rings. The first-order valence-electron chi connectivity index (χ1n) is 8.29. The van der Waals surface area contributed by atoms with E-state index in [1.165, 1.54) is 16.8 Å². The molecule has 0 saturated carbocycles. The van der Waals surface area contributed by atoms with E-state index in [-0.39, 0.29) is 10.8 Å². The highest BCUT2D eigenvalue weighted by Crippen LogP contribution is 2.30. The molecule has 4 rings (SSSR count). The third-order valence-corrected chi connectivity index (χ3v) is 5.90. The standard InChI is InChI=1S/C20H14Cl2N2O3S/c1-13-10-20(24(23-13)19-9-7-16(21)12-18(19)22)27-28(25,26)17-8-6-14-4-2-3-5-15(14)11-17/h2-12H,1H3. The second-order valence-electron chi connectivity index (χ2n) is 6.18. The van der Waals surface area contributed by atoms with Crippen molar-refractivity contribution in [2.24, 2.45) is 0 Å². The zero-order valence-corrected chi connectivity index (χ0v) is 17.0. The van der Waals surface area contributed by atoms with E-state index in [1.54, 1.807) is 37.3 Å². The van der Waals surface area contributed by atoms with Gasteiger partial charge in [-0.25, -0.2) is 0 Å². The summed E-state index contributed by atoms with van der Waals surface area (Å²) in [6, 6.07) is 18.7. The molecule has 28 heavy (non-hydrogen) atoms. The predicted molar refractivity (Wildman–Crippen MR) is 110 cm³/mol. The van der Waals surface area contributed by atoms with Crippen LogP contribution in [0.5, 0.6) is 5.88 Å². The first-order chi connectivity index (χ1) is 13.3. The summed E-state index contributed by atoms with van der Waals surface area (Å²) in [5, 5.41) is 6.83. The van der Waals surface area contributed by atoms with E-state index in [0.29, 0.717) is 21.4 Å². The molecule has 0 unspecified atom stereocenters. The van der Waals surface area contributed by atoms with Crippen molar-refractivity contribution in [3.8, 4) is 11.6 Å². The van der Waals surface area contributed by atoms with Gasteiger partial charge in [0.25, 0.3) is 0 Å². The van der Waals surface area contributed by atoms with Crippen LogP contribution in [0.25, 0.3) is 16.5 Å². The summed E-state index contributed by atoms with van der Waals surface area (Å²) in [6.45, 7) is 1.73. The molecule has 142 valence electrons. The van der Waals surface area contributed by atoms with E-state index in [1.807, 2.05) is 24.3 Å². The van der Waals surface area contributed by atoms with E-state index < -0.39 is 10.1 Å². The molecule has 0 fully saturated rings. The van der Waals surface area contributed by atoms with Crippen LogP contribution in [-0.2, 0) is 10.1 Å². The Balaban J connectivity index is 1.75. The molecule has 0 saturated heterocycles. The molecule has 5 nitrogen and oxygen atoms in total. The quantitative estimate of drug-likeness (QED) is 0.404. The monoisotopic (exact) mass is 432 g/mol. The van der Waals surface area contributed by atoms with Gasteiger partial charge in [0, 0.05) is 11.1 Å². The first kappa shape index (κ1) is 18.8. The molecule has 8 heteroatoms. The Morgan fingerprint density at radius 3 is 2.43 bits per heavy atom. The molecule has 4 aromatic rings. The number of nitrogens with zero attached hydrogens (tertiary/aromatic N) is 2. The lowest BCUT2D eigenvalue weighted by Crippen LogP contribution is -2.13. The van der Waals surface area contributed by atoms with E-state index in [9.17, 15) is 8.42 Å². The predicted octanol–water partition coefficient (Wildman–Crippen LogP) is 5.41. The smallest absolute Gasteiger partial charge is 0.340 e. The Morgan fingerprint density at radius 1 is 0.929 bits per heavy atom. The normalized spacial score (nSPS) is 11.7. The van der Waals surface area contributed by atoms with Crippen LogP contribution in [0.15, 0.2) is 71.6 Å². The van der Waals surface area contributed by atoms with Crippen LogP contribution in [0.3, 0.4) is 0 Å². The molecule has 1 heterocycles. The van der Waals surface area contributed by atoms with Gasteiger partial charge in [-0.1, -0.05) is 53.5 Å². The Kier molecular flexibility index (Phi) is 4.79. The largest absolute Gasteiger partial charge is 0.358 e. The van der Waals surface area contributed by atoms with Gasteiger partial charge < -0.3 is 4.18 Å². The maximum absolute atomic E-state index is 12.9. The van der Waals surface area contributed by atoms with Crippen molar-refractivity contribution in [1.82, 2.24) is 9.78 Å². The summed E-state index contributed by atoms with van der Waals surface area (Å²) in [5.41, 5.74) is 1.04. The van der Waals surface area contributed by atoms with Crippen molar-refractivity contribution < 1.29 is 12.6 Å². The fraction of sp³-hybridized carbons (Fsp3) is 0.0500. The van der Waals surface area contributed by atoms with Crippen LogP contribution in [0.1, 0.15) is 5.69 Å². The molecule has 3 aromatic carbocycles. The van der Waals surface area contributed by atoms with Gasteiger partial charge in [-0.05, 0) is 48.0 Å². The SMILES string of the molecule is Cc1cc(OS(=O)(=O)c2ccc3ccccc3c2)n(-c2ccc(Cl)cc2Cl)n1. The number of fused-ring (bicyclic) bond motifs is 1. The van der Waals surface area contributed by atoms with Crippen LogP contribution in [0.4, 0.5) is 0 Å². The average Bonchev–Trinajstić information content (AvgIpc) is 3.00. The number of aromatic nitrogens is 2. The summed E-state index contributed by atoms with van der Waals surface area (Å²) in [4.78, 5) is 0.0545. The van der Waals surface area contributed by atoms with E-state index in [4.69, 9.17) is 27.4 Å². The molecule has 0 aliphatic carbocycles. The highest BCUT2D eigenvalue weighted by atomic mass is 35.5. The van der Waals surface area contributed by atoms with Crippen molar-refractivity contribution in [2.75, 3.05) is 0 Å². The minimum Gasteiger partial charge on any atom is -0.358 e. The van der Waals surface area contributed by atoms with Crippen molar-refractivity contribution >= 4 is 44.1 Å². The van der Waals surface area contributed by atoms with E-state index in [2.05, 4.69) is 5.10 Å². The fourth-order valence-electron chi connectivity index (χ4n) is 2.84. The number of hydrogen-bond acceptors (Lipinski definition) is 4. The van der Waals surface area contributed by atoms with Gasteiger partial charge in [0.2, 0.25) is 5.88 Å². The Hall–Kier alpha value is -2.54. The molecular weight excluding hydrogens is 419 g/mol. The Morgan fingerprint density at radius 2 is 1.68 bits per heavy atom. The molecule has 0 amide bonds. The van der Waals surface area contributed by atoms with Gasteiger partial charge in [-0.3, -0.25) is 0 Å². The Bertz CT molecular complexity index is 1300. The fourth-order valence-corrected chi connectivity index (χ4v) is 4.28. The maximum Gasteiger partial charge on any atom is 0.340 e. The summed E-state index contributed by atoms with van der Waals surface area (Å²) in [5.74, 6) is 0.0369. The van der Waals surface area contributed by atoms with Crippen LogP contribution in [0, 0.1) is 6.92 Å². The third-order valence-electron chi connectivity index (χ3n) is 4.14. The zero-order chi connectivity index (χ0) is 19.9. The highest BCUT2D eigenvalue weighted by molar-refractivity contribution is 7.87. The van der Waals surface area contributed by atoms with Crippen LogP contribution >= 0.6 is 23.2 Å². The molecule has 1 aromatic heterocycles. The molecule has 0 N–H and O–H groups in total. The van der Waals surface area contributed by atoms with E-state index >= 15 is 0 Å². The second-order valence-corrected chi connectivity index (χ2v) is 8.57. The number of rotatable bonds is 4. The molecular formula is C20H14Cl2N2O3S.